The van der Waals surface area contributed by atoms with E-state index in [-0.39, 0.29) is 17.0 Å². The van der Waals surface area contributed by atoms with Gasteiger partial charge < -0.3 is 9.64 Å². The fourth-order valence-corrected chi connectivity index (χ4v) is 2.51. The van der Waals surface area contributed by atoms with E-state index >= 15 is 0 Å². The molecule has 9 heteroatoms. The van der Waals surface area contributed by atoms with E-state index in [4.69, 9.17) is 16.3 Å². The zero-order valence-corrected chi connectivity index (χ0v) is 13.1. The van der Waals surface area contributed by atoms with Crippen molar-refractivity contribution in [3.8, 4) is 11.4 Å². The summed E-state index contributed by atoms with van der Waals surface area (Å²) in [6.45, 7) is 3.88. The SMILES string of the molecule is C[C@@H]1COCCN1c1nc(Cl)nc(-c2ccc([N+](=O)[O-])cc2)n1. The van der Waals surface area contributed by atoms with Crippen molar-refractivity contribution in [2.75, 3.05) is 24.7 Å². The summed E-state index contributed by atoms with van der Waals surface area (Å²) >= 11 is 6.02. The second-order valence-electron chi connectivity index (χ2n) is 5.15. The number of hydrogen-bond donors (Lipinski definition) is 0. The number of aromatic nitrogens is 3. The van der Waals surface area contributed by atoms with E-state index < -0.39 is 4.92 Å². The predicted molar refractivity (Wildman–Crippen MR) is 84.6 cm³/mol. The van der Waals surface area contributed by atoms with Gasteiger partial charge in [-0.3, -0.25) is 10.1 Å². The van der Waals surface area contributed by atoms with Crippen LogP contribution in [0.15, 0.2) is 24.3 Å². The second-order valence-corrected chi connectivity index (χ2v) is 5.49. The fourth-order valence-electron chi connectivity index (χ4n) is 2.35. The maximum atomic E-state index is 10.7. The zero-order valence-electron chi connectivity index (χ0n) is 12.3. The summed E-state index contributed by atoms with van der Waals surface area (Å²) in [5.41, 5.74) is 0.651. The Morgan fingerprint density at radius 1 is 1.30 bits per heavy atom. The normalized spacial score (nSPS) is 18.0. The number of nitro benzene ring substituents is 1. The number of halogens is 1. The number of nitro groups is 1. The Labute approximate surface area is 137 Å². The lowest BCUT2D eigenvalue weighted by Gasteiger charge is -2.33. The van der Waals surface area contributed by atoms with Gasteiger partial charge in [0, 0.05) is 24.2 Å². The van der Waals surface area contributed by atoms with Crippen LogP contribution in [0.3, 0.4) is 0 Å². The zero-order chi connectivity index (χ0) is 16.4. The van der Waals surface area contributed by atoms with E-state index in [0.717, 1.165) is 0 Å². The number of ether oxygens (including phenoxy) is 1. The predicted octanol–water partition coefficient (Wildman–Crippen LogP) is 2.33. The monoisotopic (exact) mass is 335 g/mol. The highest BCUT2D eigenvalue weighted by Gasteiger charge is 2.23. The first-order chi connectivity index (χ1) is 11.0. The summed E-state index contributed by atoms with van der Waals surface area (Å²) in [5, 5.41) is 10.8. The average Bonchev–Trinajstić information content (AvgIpc) is 2.55. The topological polar surface area (TPSA) is 94.3 Å². The Morgan fingerprint density at radius 2 is 2.04 bits per heavy atom. The van der Waals surface area contributed by atoms with Crippen LogP contribution in [0.25, 0.3) is 11.4 Å². The molecule has 0 radical (unpaired) electrons. The average molecular weight is 336 g/mol. The van der Waals surface area contributed by atoms with E-state index in [1.54, 1.807) is 12.1 Å². The number of benzene rings is 1. The van der Waals surface area contributed by atoms with Gasteiger partial charge in [0.15, 0.2) is 5.82 Å². The van der Waals surface area contributed by atoms with Gasteiger partial charge in [-0.05, 0) is 30.7 Å². The van der Waals surface area contributed by atoms with Gasteiger partial charge in [0.05, 0.1) is 24.2 Å². The highest BCUT2D eigenvalue weighted by Crippen LogP contribution is 2.23. The van der Waals surface area contributed by atoms with E-state index in [9.17, 15) is 10.1 Å². The van der Waals surface area contributed by atoms with Crippen LogP contribution in [0.5, 0.6) is 0 Å². The maximum absolute atomic E-state index is 10.7. The van der Waals surface area contributed by atoms with Crippen molar-refractivity contribution in [2.24, 2.45) is 0 Å². The molecule has 0 bridgehead atoms. The molecule has 0 N–H and O–H groups in total. The van der Waals surface area contributed by atoms with Crippen molar-refractivity contribution in [3.63, 3.8) is 0 Å². The molecule has 1 fully saturated rings. The van der Waals surface area contributed by atoms with Gasteiger partial charge in [0.1, 0.15) is 0 Å². The Balaban J connectivity index is 1.95. The molecule has 1 aromatic carbocycles. The lowest BCUT2D eigenvalue weighted by atomic mass is 10.2. The van der Waals surface area contributed by atoms with E-state index in [1.165, 1.54) is 12.1 Å². The summed E-state index contributed by atoms with van der Waals surface area (Å²) in [4.78, 5) is 25.0. The first kappa shape index (κ1) is 15.6. The largest absolute Gasteiger partial charge is 0.377 e. The molecule has 2 heterocycles. The third-order valence-corrected chi connectivity index (χ3v) is 3.73. The maximum Gasteiger partial charge on any atom is 0.269 e. The van der Waals surface area contributed by atoms with Gasteiger partial charge in [0.2, 0.25) is 11.2 Å². The van der Waals surface area contributed by atoms with Gasteiger partial charge >= 0.3 is 0 Å². The van der Waals surface area contributed by atoms with Gasteiger partial charge in [-0.15, -0.1) is 0 Å². The first-order valence-corrected chi connectivity index (χ1v) is 7.43. The second kappa shape index (κ2) is 6.43. The van der Waals surface area contributed by atoms with Gasteiger partial charge in [0.25, 0.3) is 5.69 Å². The fraction of sp³-hybridized carbons (Fsp3) is 0.357. The highest BCUT2D eigenvalue weighted by molar-refractivity contribution is 6.28. The molecule has 0 unspecified atom stereocenters. The minimum absolute atomic E-state index is 0.0101. The number of nitrogens with zero attached hydrogens (tertiary/aromatic N) is 5. The Morgan fingerprint density at radius 3 is 2.70 bits per heavy atom. The molecule has 0 amide bonds. The molecular formula is C14H14ClN5O3. The van der Waals surface area contributed by atoms with Crippen molar-refractivity contribution in [3.05, 3.63) is 39.7 Å². The number of morpholine rings is 1. The first-order valence-electron chi connectivity index (χ1n) is 7.05. The molecular weight excluding hydrogens is 322 g/mol. The van der Waals surface area contributed by atoms with Crippen LogP contribution in [0.4, 0.5) is 11.6 Å². The Hall–Kier alpha value is -2.32. The van der Waals surface area contributed by atoms with Gasteiger partial charge in [-0.25, -0.2) is 0 Å². The molecule has 1 aliphatic heterocycles. The summed E-state index contributed by atoms with van der Waals surface area (Å²) in [5.74, 6) is 0.864. The van der Waals surface area contributed by atoms with Gasteiger partial charge in [-0.1, -0.05) is 0 Å². The molecule has 3 rings (SSSR count). The molecule has 1 aromatic heterocycles. The van der Waals surface area contributed by atoms with Crippen molar-refractivity contribution in [2.45, 2.75) is 13.0 Å². The van der Waals surface area contributed by atoms with E-state index in [2.05, 4.69) is 15.0 Å². The van der Waals surface area contributed by atoms with Crippen LogP contribution in [0.1, 0.15) is 6.92 Å². The van der Waals surface area contributed by atoms with E-state index in [1.807, 2.05) is 11.8 Å². The lowest BCUT2D eigenvalue weighted by Crippen LogP contribution is -2.44. The van der Waals surface area contributed by atoms with Crippen LogP contribution in [-0.2, 0) is 4.74 Å². The van der Waals surface area contributed by atoms with Crippen molar-refractivity contribution in [1.82, 2.24) is 15.0 Å². The van der Waals surface area contributed by atoms with Crippen LogP contribution >= 0.6 is 11.6 Å². The van der Waals surface area contributed by atoms with Crippen molar-refractivity contribution < 1.29 is 9.66 Å². The Kier molecular flexibility index (Phi) is 4.35. The number of hydrogen-bond acceptors (Lipinski definition) is 7. The Bertz CT molecular complexity index is 725. The minimum atomic E-state index is -0.453. The number of non-ortho nitro benzene ring substituents is 1. The standard InChI is InChI=1S/C14H14ClN5O3/c1-9-8-23-7-6-19(9)14-17-12(16-13(15)18-14)10-2-4-11(5-3-10)20(21)22/h2-5,9H,6-8H2,1H3/t9-/m1/s1. The molecule has 120 valence electrons. The minimum Gasteiger partial charge on any atom is -0.377 e. The molecule has 8 nitrogen and oxygen atoms in total. The number of rotatable bonds is 3. The molecule has 1 aliphatic rings. The van der Waals surface area contributed by atoms with Crippen LogP contribution < -0.4 is 4.90 Å². The van der Waals surface area contributed by atoms with E-state index in [0.29, 0.717) is 37.1 Å². The molecule has 1 atom stereocenters. The van der Waals surface area contributed by atoms with Crippen molar-refractivity contribution >= 4 is 23.2 Å². The summed E-state index contributed by atoms with van der Waals surface area (Å²) in [6, 6.07) is 6.13. The van der Waals surface area contributed by atoms with Gasteiger partial charge in [-0.2, -0.15) is 15.0 Å². The molecule has 0 saturated carbocycles. The third kappa shape index (κ3) is 3.38. The van der Waals surface area contributed by atoms with Crippen LogP contribution in [0.2, 0.25) is 5.28 Å². The molecule has 2 aromatic rings. The smallest absolute Gasteiger partial charge is 0.269 e. The molecule has 23 heavy (non-hydrogen) atoms. The summed E-state index contributed by atoms with van der Waals surface area (Å²) < 4.78 is 5.40. The summed E-state index contributed by atoms with van der Waals surface area (Å²) in [7, 11) is 0. The summed E-state index contributed by atoms with van der Waals surface area (Å²) in [6.07, 6.45) is 0. The van der Waals surface area contributed by atoms with Crippen molar-refractivity contribution in [1.29, 1.82) is 0 Å². The van der Waals surface area contributed by atoms with Crippen LogP contribution in [-0.4, -0.2) is 45.7 Å². The van der Waals surface area contributed by atoms with Crippen LogP contribution in [0, 0.1) is 10.1 Å². The highest BCUT2D eigenvalue weighted by atomic mass is 35.5. The number of anilines is 1. The molecule has 0 spiro atoms. The quantitative estimate of drug-likeness (QED) is 0.627. The molecule has 0 aliphatic carbocycles. The lowest BCUT2D eigenvalue weighted by molar-refractivity contribution is -0.384. The third-order valence-electron chi connectivity index (χ3n) is 3.56. The molecule has 1 saturated heterocycles.